The molecule has 1 aromatic rings. The van der Waals surface area contributed by atoms with Crippen molar-refractivity contribution in [3.63, 3.8) is 0 Å². The summed E-state index contributed by atoms with van der Waals surface area (Å²) < 4.78 is 27.3. The van der Waals surface area contributed by atoms with Gasteiger partial charge in [-0.2, -0.15) is 0 Å². The molecule has 0 fully saturated rings. The van der Waals surface area contributed by atoms with Crippen molar-refractivity contribution in [3.05, 3.63) is 28.8 Å². The first-order valence-electron chi connectivity index (χ1n) is 6.37. The summed E-state index contributed by atoms with van der Waals surface area (Å²) in [7, 11) is 1.45. The van der Waals surface area contributed by atoms with Gasteiger partial charge in [-0.1, -0.05) is 32.4 Å². The summed E-state index contributed by atoms with van der Waals surface area (Å²) in [6, 6.07) is 0.598. The fourth-order valence-electron chi connectivity index (χ4n) is 1.98. The molecule has 21 heavy (non-hydrogen) atoms. The van der Waals surface area contributed by atoms with Crippen LogP contribution in [-0.4, -0.2) is 35.7 Å². The number of benzene rings is 1. The SMILES string of the molecule is CN(C(=O)Nc1c(F)cc(Cl)cc1F)C(CO)C(C)(C)C. The molecule has 0 aliphatic heterocycles. The lowest BCUT2D eigenvalue weighted by Crippen LogP contribution is -2.49. The number of carbonyl (C=O) groups excluding carboxylic acids is 1. The zero-order valence-electron chi connectivity index (χ0n) is 12.4. The molecule has 0 aromatic heterocycles. The second kappa shape index (κ2) is 6.58. The number of anilines is 1. The third-order valence-corrected chi connectivity index (χ3v) is 3.42. The highest BCUT2D eigenvalue weighted by Crippen LogP contribution is 2.26. The Bertz CT molecular complexity index is 509. The second-order valence-electron chi connectivity index (χ2n) is 5.85. The van der Waals surface area contributed by atoms with Crippen LogP contribution in [0.15, 0.2) is 12.1 Å². The topological polar surface area (TPSA) is 52.6 Å². The van der Waals surface area contributed by atoms with Crippen molar-refractivity contribution >= 4 is 23.3 Å². The molecule has 0 saturated carbocycles. The lowest BCUT2D eigenvalue weighted by atomic mass is 9.86. The van der Waals surface area contributed by atoms with Gasteiger partial charge in [0.2, 0.25) is 0 Å². The maximum atomic E-state index is 13.6. The Morgan fingerprint density at radius 3 is 2.24 bits per heavy atom. The van der Waals surface area contributed by atoms with Crippen LogP contribution in [0.2, 0.25) is 5.02 Å². The Morgan fingerprint density at radius 2 is 1.86 bits per heavy atom. The van der Waals surface area contributed by atoms with Crippen LogP contribution < -0.4 is 5.32 Å². The fraction of sp³-hybridized carbons (Fsp3) is 0.500. The molecule has 4 nitrogen and oxygen atoms in total. The largest absolute Gasteiger partial charge is 0.394 e. The smallest absolute Gasteiger partial charge is 0.322 e. The molecular weight excluding hydrogens is 302 g/mol. The number of hydrogen-bond donors (Lipinski definition) is 2. The molecule has 0 aliphatic rings. The molecular formula is C14H19ClF2N2O2. The van der Waals surface area contributed by atoms with Gasteiger partial charge in [-0.25, -0.2) is 13.6 Å². The fourth-order valence-corrected chi connectivity index (χ4v) is 2.17. The van der Waals surface area contributed by atoms with Crippen molar-refractivity contribution in [2.45, 2.75) is 26.8 Å². The van der Waals surface area contributed by atoms with E-state index in [9.17, 15) is 18.7 Å². The van der Waals surface area contributed by atoms with E-state index in [4.69, 9.17) is 11.6 Å². The Balaban J connectivity index is 2.96. The number of amides is 2. The number of likely N-dealkylation sites (N-methyl/N-ethyl adjacent to an activating group) is 1. The second-order valence-corrected chi connectivity index (χ2v) is 6.29. The molecule has 2 N–H and O–H groups in total. The third-order valence-electron chi connectivity index (χ3n) is 3.20. The van der Waals surface area contributed by atoms with Gasteiger partial charge in [0.15, 0.2) is 11.6 Å². The first-order valence-corrected chi connectivity index (χ1v) is 6.75. The Morgan fingerprint density at radius 1 is 1.38 bits per heavy atom. The minimum Gasteiger partial charge on any atom is -0.394 e. The highest BCUT2D eigenvalue weighted by Gasteiger charge is 2.31. The van der Waals surface area contributed by atoms with Crippen molar-refractivity contribution in [2.24, 2.45) is 5.41 Å². The van der Waals surface area contributed by atoms with Gasteiger partial charge in [-0.15, -0.1) is 0 Å². The van der Waals surface area contributed by atoms with Crippen molar-refractivity contribution in [1.82, 2.24) is 4.90 Å². The molecule has 1 rings (SSSR count). The van der Waals surface area contributed by atoms with Gasteiger partial charge in [0.25, 0.3) is 0 Å². The zero-order chi connectivity index (χ0) is 16.4. The average Bonchev–Trinajstić information content (AvgIpc) is 2.32. The van der Waals surface area contributed by atoms with Crippen LogP contribution in [0.1, 0.15) is 20.8 Å². The number of nitrogens with one attached hydrogen (secondary N) is 1. The van der Waals surface area contributed by atoms with Crippen molar-refractivity contribution in [3.8, 4) is 0 Å². The van der Waals surface area contributed by atoms with Crippen LogP contribution in [0.5, 0.6) is 0 Å². The number of aliphatic hydroxyl groups is 1. The molecule has 0 bridgehead atoms. The lowest BCUT2D eigenvalue weighted by Gasteiger charge is -2.36. The molecule has 2 amide bonds. The predicted octanol–water partition coefficient (Wildman–Crippen LogP) is 3.49. The molecule has 7 heteroatoms. The van der Waals surface area contributed by atoms with Crippen LogP contribution in [0, 0.1) is 17.0 Å². The van der Waals surface area contributed by atoms with Crippen LogP contribution in [0.25, 0.3) is 0 Å². The van der Waals surface area contributed by atoms with Crippen LogP contribution >= 0.6 is 11.6 Å². The molecule has 0 radical (unpaired) electrons. The summed E-state index contributed by atoms with van der Waals surface area (Å²) in [6.07, 6.45) is 0. The van der Waals surface area contributed by atoms with E-state index in [-0.39, 0.29) is 11.6 Å². The first kappa shape index (κ1) is 17.7. The molecule has 0 aliphatic carbocycles. The summed E-state index contributed by atoms with van der Waals surface area (Å²) >= 11 is 5.52. The summed E-state index contributed by atoms with van der Waals surface area (Å²) in [5.74, 6) is -1.92. The number of halogens is 3. The van der Waals surface area contributed by atoms with E-state index in [1.165, 1.54) is 11.9 Å². The first-order chi connectivity index (χ1) is 9.57. The highest BCUT2D eigenvalue weighted by molar-refractivity contribution is 6.30. The summed E-state index contributed by atoms with van der Waals surface area (Å²) in [6.45, 7) is 5.28. The Hall–Kier alpha value is -1.40. The minimum atomic E-state index is -0.960. The molecule has 1 atom stereocenters. The van der Waals surface area contributed by atoms with Gasteiger partial charge >= 0.3 is 6.03 Å². The van der Waals surface area contributed by atoms with E-state index < -0.39 is 34.8 Å². The quantitative estimate of drug-likeness (QED) is 0.895. The number of carbonyl (C=O) groups is 1. The molecule has 0 spiro atoms. The highest BCUT2D eigenvalue weighted by atomic mass is 35.5. The summed E-state index contributed by atoms with van der Waals surface area (Å²) in [5.41, 5.74) is -0.959. The van der Waals surface area contributed by atoms with E-state index in [1.807, 2.05) is 20.8 Å². The minimum absolute atomic E-state index is 0.0979. The van der Waals surface area contributed by atoms with E-state index in [0.29, 0.717) is 0 Å². The number of nitrogens with zero attached hydrogens (tertiary/aromatic N) is 1. The van der Waals surface area contributed by atoms with Gasteiger partial charge in [0, 0.05) is 12.1 Å². The number of rotatable bonds is 3. The van der Waals surface area contributed by atoms with Gasteiger partial charge in [-0.05, 0) is 17.5 Å². The number of hydrogen-bond acceptors (Lipinski definition) is 2. The Kier molecular flexibility index (Phi) is 5.53. The van der Waals surface area contributed by atoms with Crippen molar-refractivity contribution in [1.29, 1.82) is 0 Å². The van der Waals surface area contributed by atoms with Crippen LogP contribution in [0.3, 0.4) is 0 Å². The van der Waals surface area contributed by atoms with Crippen molar-refractivity contribution < 1.29 is 18.7 Å². The van der Waals surface area contributed by atoms with E-state index in [0.717, 1.165) is 12.1 Å². The lowest BCUT2D eigenvalue weighted by molar-refractivity contribution is 0.0885. The molecule has 1 aromatic carbocycles. The van der Waals surface area contributed by atoms with Crippen LogP contribution in [-0.2, 0) is 0 Å². The average molecular weight is 321 g/mol. The summed E-state index contributed by atoms with van der Waals surface area (Å²) in [5, 5.41) is 11.5. The van der Waals surface area contributed by atoms with Gasteiger partial charge in [0.05, 0.1) is 12.6 Å². The predicted molar refractivity (Wildman–Crippen MR) is 78.5 cm³/mol. The molecule has 118 valence electrons. The monoisotopic (exact) mass is 320 g/mol. The maximum absolute atomic E-state index is 13.6. The molecule has 0 heterocycles. The van der Waals surface area contributed by atoms with E-state index >= 15 is 0 Å². The van der Waals surface area contributed by atoms with Crippen LogP contribution in [0.4, 0.5) is 19.3 Å². The molecule has 0 saturated heterocycles. The standard InChI is InChI=1S/C14H19ClF2N2O2/c1-14(2,3)11(7-20)19(4)13(21)18-12-9(16)5-8(15)6-10(12)17/h5-6,11,20H,7H2,1-4H3,(H,18,21). The maximum Gasteiger partial charge on any atom is 0.322 e. The normalized spacial score (nSPS) is 13.0. The number of urea groups is 1. The van der Waals surface area contributed by atoms with E-state index in [2.05, 4.69) is 5.32 Å². The van der Waals surface area contributed by atoms with E-state index in [1.54, 1.807) is 0 Å². The third kappa shape index (κ3) is 4.28. The van der Waals surface area contributed by atoms with Gasteiger partial charge < -0.3 is 15.3 Å². The Labute approximate surface area is 127 Å². The zero-order valence-corrected chi connectivity index (χ0v) is 13.1. The molecule has 1 unspecified atom stereocenters. The summed E-state index contributed by atoms with van der Waals surface area (Å²) in [4.78, 5) is 13.3. The van der Waals surface area contributed by atoms with Gasteiger partial charge in [0.1, 0.15) is 5.69 Å². The van der Waals surface area contributed by atoms with Crippen molar-refractivity contribution in [2.75, 3.05) is 19.0 Å². The van der Waals surface area contributed by atoms with Gasteiger partial charge in [-0.3, -0.25) is 0 Å². The number of aliphatic hydroxyl groups excluding tert-OH is 1.